The molecule has 0 aromatic heterocycles. The lowest BCUT2D eigenvalue weighted by molar-refractivity contribution is -0.132. The molecular formula is C25H24N4O5S. The second kappa shape index (κ2) is 9.59. The standard InChI is InChI=1S/C25H24N4O5S/c1-25(17-16-18-8-4-2-5-9-18)23(31)29(24(32)26-25)27-22(30)19-12-14-20(15-13-19)28-35(33,34)21-10-6-3-7-11-21/h2-15,28H,16-17H2,1H3,(H,26,32)(H,27,30). The van der Waals surface area contributed by atoms with Crippen molar-refractivity contribution < 1.29 is 22.8 Å². The van der Waals surface area contributed by atoms with Crippen molar-refractivity contribution in [3.8, 4) is 0 Å². The summed E-state index contributed by atoms with van der Waals surface area (Å²) in [7, 11) is -3.77. The molecule has 10 heteroatoms. The highest BCUT2D eigenvalue weighted by Gasteiger charge is 2.48. The largest absolute Gasteiger partial charge is 0.344 e. The Hall–Kier alpha value is -4.18. The molecule has 180 valence electrons. The van der Waals surface area contributed by atoms with Gasteiger partial charge in [-0.15, -0.1) is 0 Å². The van der Waals surface area contributed by atoms with Crippen LogP contribution in [-0.4, -0.2) is 36.8 Å². The van der Waals surface area contributed by atoms with Crippen molar-refractivity contribution in [1.29, 1.82) is 0 Å². The number of nitrogens with one attached hydrogen (secondary N) is 3. The maximum absolute atomic E-state index is 12.9. The van der Waals surface area contributed by atoms with Crippen molar-refractivity contribution in [1.82, 2.24) is 15.8 Å². The lowest BCUT2D eigenvalue weighted by Crippen LogP contribution is -2.48. The van der Waals surface area contributed by atoms with E-state index in [0.29, 0.717) is 17.9 Å². The van der Waals surface area contributed by atoms with Gasteiger partial charge in [-0.05, 0) is 61.7 Å². The maximum Gasteiger partial charge on any atom is 0.344 e. The Morgan fingerprint density at radius 2 is 1.51 bits per heavy atom. The Bertz CT molecular complexity index is 1350. The van der Waals surface area contributed by atoms with Gasteiger partial charge in [0.15, 0.2) is 0 Å². The Balaban J connectivity index is 1.39. The topological polar surface area (TPSA) is 125 Å². The minimum absolute atomic E-state index is 0.107. The van der Waals surface area contributed by atoms with E-state index in [2.05, 4.69) is 15.5 Å². The quantitative estimate of drug-likeness (QED) is 0.417. The van der Waals surface area contributed by atoms with Crippen molar-refractivity contribution in [2.45, 2.75) is 30.2 Å². The molecule has 1 atom stereocenters. The molecule has 1 aliphatic heterocycles. The SMILES string of the molecule is CC1(CCc2ccccc2)NC(=O)N(NC(=O)c2ccc(NS(=O)(=O)c3ccccc3)cc2)C1=O. The molecule has 0 bridgehead atoms. The molecule has 0 radical (unpaired) electrons. The second-order valence-corrected chi connectivity index (χ2v) is 10.0. The molecule has 0 saturated carbocycles. The van der Waals surface area contributed by atoms with Crippen molar-refractivity contribution in [2.75, 3.05) is 4.72 Å². The fraction of sp³-hybridized carbons (Fsp3) is 0.160. The van der Waals surface area contributed by atoms with Crippen LogP contribution in [0.5, 0.6) is 0 Å². The number of carbonyl (C=O) groups is 3. The zero-order valence-electron chi connectivity index (χ0n) is 18.9. The Labute approximate surface area is 203 Å². The van der Waals surface area contributed by atoms with E-state index in [1.165, 1.54) is 36.4 Å². The van der Waals surface area contributed by atoms with Crippen LogP contribution in [0, 0.1) is 0 Å². The molecule has 1 heterocycles. The summed E-state index contributed by atoms with van der Waals surface area (Å²) in [6, 6.07) is 22.4. The number of amides is 4. The number of sulfonamides is 1. The Kier molecular flexibility index (Phi) is 6.57. The molecular weight excluding hydrogens is 468 g/mol. The highest BCUT2D eigenvalue weighted by Crippen LogP contribution is 2.23. The number of nitrogens with zero attached hydrogens (tertiary/aromatic N) is 1. The minimum atomic E-state index is -3.77. The van der Waals surface area contributed by atoms with Crippen LogP contribution in [0.3, 0.4) is 0 Å². The van der Waals surface area contributed by atoms with E-state index in [1.54, 1.807) is 25.1 Å². The first-order valence-electron chi connectivity index (χ1n) is 10.9. The van der Waals surface area contributed by atoms with E-state index in [4.69, 9.17) is 0 Å². The van der Waals surface area contributed by atoms with Gasteiger partial charge in [-0.1, -0.05) is 48.5 Å². The summed E-state index contributed by atoms with van der Waals surface area (Å²) in [6.45, 7) is 1.62. The van der Waals surface area contributed by atoms with Crippen LogP contribution in [0.2, 0.25) is 0 Å². The highest BCUT2D eigenvalue weighted by atomic mass is 32.2. The van der Waals surface area contributed by atoms with Gasteiger partial charge in [0.1, 0.15) is 5.54 Å². The minimum Gasteiger partial charge on any atom is -0.322 e. The second-order valence-electron chi connectivity index (χ2n) is 8.33. The van der Waals surface area contributed by atoms with Crippen LogP contribution in [0.15, 0.2) is 89.8 Å². The third-order valence-corrected chi connectivity index (χ3v) is 7.08. The van der Waals surface area contributed by atoms with Gasteiger partial charge in [0, 0.05) is 11.3 Å². The molecule has 1 unspecified atom stereocenters. The van der Waals surface area contributed by atoms with E-state index < -0.39 is 33.4 Å². The zero-order valence-corrected chi connectivity index (χ0v) is 19.7. The van der Waals surface area contributed by atoms with Gasteiger partial charge in [-0.3, -0.25) is 19.7 Å². The molecule has 1 aliphatic rings. The number of rotatable bonds is 8. The highest BCUT2D eigenvalue weighted by molar-refractivity contribution is 7.92. The number of aryl methyl sites for hydroxylation is 1. The molecule has 3 N–H and O–H groups in total. The van der Waals surface area contributed by atoms with E-state index in [1.807, 2.05) is 30.3 Å². The van der Waals surface area contributed by atoms with Crippen LogP contribution in [0.4, 0.5) is 10.5 Å². The third kappa shape index (κ3) is 5.33. The average molecular weight is 493 g/mol. The monoisotopic (exact) mass is 492 g/mol. The first-order chi connectivity index (χ1) is 16.7. The van der Waals surface area contributed by atoms with Gasteiger partial charge >= 0.3 is 6.03 Å². The van der Waals surface area contributed by atoms with Gasteiger partial charge in [0.25, 0.3) is 21.8 Å². The van der Waals surface area contributed by atoms with Crippen LogP contribution in [-0.2, 0) is 21.2 Å². The lowest BCUT2D eigenvalue weighted by Gasteiger charge is -2.21. The van der Waals surface area contributed by atoms with Crippen LogP contribution < -0.4 is 15.5 Å². The number of carbonyl (C=O) groups excluding carboxylic acids is 3. The summed E-state index contributed by atoms with van der Waals surface area (Å²) >= 11 is 0. The summed E-state index contributed by atoms with van der Waals surface area (Å²) in [6.07, 6.45) is 0.940. The Morgan fingerprint density at radius 1 is 0.914 bits per heavy atom. The number of hydrogen-bond donors (Lipinski definition) is 3. The molecule has 1 fully saturated rings. The molecule has 1 saturated heterocycles. The number of urea groups is 1. The predicted octanol–water partition coefficient (Wildman–Crippen LogP) is 3.08. The van der Waals surface area contributed by atoms with E-state index in [-0.39, 0.29) is 16.1 Å². The van der Waals surface area contributed by atoms with Gasteiger partial charge < -0.3 is 5.32 Å². The first-order valence-corrected chi connectivity index (χ1v) is 12.4. The third-order valence-electron chi connectivity index (χ3n) is 5.68. The molecule has 3 aromatic rings. The number of imide groups is 1. The Morgan fingerprint density at radius 3 is 2.14 bits per heavy atom. The van der Waals surface area contributed by atoms with Gasteiger partial charge in [-0.2, -0.15) is 5.01 Å². The summed E-state index contributed by atoms with van der Waals surface area (Å²) in [5.41, 5.74) is 2.61. The summed E-state index contributed by atoms with van der Waals surface area (Å²) in [4.78, 5) is 38.1. The van der Waals surface area contributed by atoms with Crippen molar-refractivity contribution in [2.24, 2.45) is 0 Å². The molecule has 4 amide bonds. The number of anilines is 1. The van der Waals surface area contributed by atoms with Gasteiger partial charge in [-0.25, -0.2) is 13.2 Å². The van der Waals surface area contributed by atoms with E-state index in [0.717, 1.165) is 5.56 Å². The summed E-state index contributed by atoms with van der Waals surface area (Å²) in [5, 5.41) is 3.33. The van der Waals surface area contributed by atoms with Crippen LogP contribution in [0.1, 0.15) is 29.3 Å². The molecule has 0 spiro atoms. The normalized spacial score (nSPS) is 17.7. The maximum atomic E-state index is 12.9. The van der Waals surface area contributed by atoms with E-state index in [9.17, 15) is 22.8 Å². The van der Waals surface area contributed by atoms with Crippen molar-refractivity contribution in [3.05, 3.63) is 96.1 Å². The lowest BCUT2D eigenvalue weighted by atomic mass is 9.93. The average Bonchev–Trinajstić information content (AvgIpc) is 3.07. The fourth-order valence-electron chi connectivity index (χ4n) is 3.66. The molecule has 35 heavy (non-hydrogen) atoms. The number of hydrazine groups is 1. The fourth-order valence-corrected chi connectivity index (χ4v) is 4.74. The predicted molar refractivity (Wildman–Crippen MR) is 130 cm³/mol. The van der Waals surface area contributed by atoms with E-state index >= 15 is 0 Å². The summed E-state index contributed by atoms with van der Waals surface area (Å²) in [5.74, 6) is -1.24. The number of benzene rings is 3. The molecule has 3 aromatic carbocycles. The zero-order chi connectivity index (χ0) is 25.1. The molecule has 4 rings (SSSR count). The van der Waals surface area contributed by atoms with Crippen LogP contribution in [0.25, 0.3) is 0 Å². The molecule has 0 aliphatic carbocycles. The number of hydrogen-bond acceptors (Lipinski definition) is 5. The smallest absolute Gasteiger partial charge is 0.322 e. The van der Waals surface area contributed by atoms with Crippen molar-refractivity contribution in [3.63, 3.8) is 0 Å². The molecule has 9 nitrogen and oxygen atoms in total. The van der Waals surface area contributed by atoms with Gasteiger partial charge in [0.05, 0.1) is 4.90 Å². The van der Waals surface area contributed by atoms with Gasteiger partial charge in [0.2, 0.25) is 0 Å². The van der Waals surface area contributed by atoms with Crippen LogP contribution >= 0.6 is 0 Å². The van der Waals surface area contributed by atoms with Crippen molar-refractivity contribution >= 4 is 33.6 Å². The first kappa shape index (κ1) is 24.0. The summed E-state index contributed by atoms with van der Waals surface area (Å²) < 4.78 is 27.3.